The van der Waals surface area contributed by atoms with Crippen molar-refractivity contribution in [3.63, 3.8) is 0 Å². The highest BCUT2D eigenvalue weighted by Crippen LogP contribution is 2.36. The van der Waals surface area contributed by atoms with Crippen LogP contribution in [0.3, 0.4) is 0 Å². The maximum atomic E-state index is 13.0. The van der Waals surface area contributed by atoms with Gasteiger partial charge >= 0.3 is 0 Å². The van der Waals surface area contributed by atoms with Gasteiger partial charge in [0.1, 0.15) is 5.69 Å². The van der Waals surface area contributed by atoms with Gasteiger partial charge < -0.3 is 15.3 Å². The second kappa shape index (κ2) is 8.33. The van der Waals surface area contributed by atoms with Crippen molar-refractivity contribution in [2.45, 2.75) is 13.0 Å². The summed E-state index contributed by atoms with van der Waals surface area (Å²) in [7, 11) is 0. The SMILES string of the molecule is O=C(c1ccc(CNCCO)cn1)N1CCc2c(-c3ccccc3)cccc21. The van der Waals surface area contributed by atoms with Crippen molar-refractivity contribution in [1.29, 1.82) is 0 Å². The van der Waals surface area contributed by atoms with Gasteiger partial charge in [-0.15, -0.1) is 0 Å². The summed E-state index contributed by atoms with van der Waals surface area (Å²) in [6, 6.07) is 20.1. The molecule has 0 saturated heterocycles. The van der Waals surface area contributed by atoms with E-state index in [-0.39, 0.29) is 12.5 Å². The normalized spacial score (nSPS) is 12.8. The van der Waals surface area contributed by atoms with E-state index in [2.05, 4.69) is 28.5 Å². The molecule has 0 bridgehead atoms. The molecule has 0 saturated carbocycles. The molecule has 0 radical (unpaired) electrons. The van der Waals surface area contributed by atoms with Gasteiger partial charge in [0.2, 0.25) is 0 Å². The molecule has 2 N–H and O–H groups in total. The van der Waals surface area contributed by atoms with Gasteiger partial charge in [0, 0.05) is 31.5 Å². The van der Waals surface area contributed by atoms with Crippen LogP contribution < -0.4 is 10.2 Å². The molecule has 28 heavy (non-hydrogen) atoms. The molecule has 1 aliphatic heterocycles. The van der Waals surface area contributed by atoms with Crippen LogP contribution in [0.15, 0.2) is 66.9 Å². The Balaban J connectivity index is 1.55. The summed E-state index contributed by atoms with van der Waals surface area (Å²) in [5.41, 5.74) is 5.98. The van der Waals surface area contributed by atoms with E-state index in [1.807, 2.05) is 41.3 Å². The third-order valence-electron chi connectivity index (χ3n) is 5.02. The highest BCUT2D eigenvalue weighted by Gasteiger charge is 2.28. The Bertz CT molecular complexity index is 955. The Hall–Kier alpha value is -3.02. The van der Waals surface area contributed by atoms with Gasteiger partial charge in [0.15, 0.2) is 0 Å². The lowest BCUT2D eigenvalue weighted by molar-refractivity contribution is 0.0984. The molecule has 1 aliphatic rings. The number of amides is 1. The van der Waals surface area contributed by atoms with E-state index in [4.69, 9.17) is 5.11 Å². The van der Waals surface area contributed by atoms with Gasteiger partial charge in [0.25, 0.3) is 5.91 Å². The molecule has 2 aromatic carbocycles. The predicted molar refractivity (Wildman–Crippen MR) is 110 cm³/mol. The average Bonchev–Trinajstić information content (AvgIpc) is 3.19. The summed E-state index contributed by atoms with van der Waals surface area (Å²) in [6.45, 7) is 1.92. The third-order valence-corrected chi connectivity index (χ3v) is 5.02. The fourth-order valence-corrected chi connectivity index (χ4v) is 3.64. The molecule has 3 aromatic rings. The zero-order chi connectivity index (χ0) is 19.3. The Labute approximate surface area is 164 Å². The molecule has 4 rings (SSSR count). The van der Waals surface area contributed by atoms with Crippen LogP contribution >= 0.6 is 0 Å². The van der Waals surface area contributed by atoms with Gasteiger partial charge in [-0.1, -0.05) is 48.5 Å². The lowest BCUT2D eigenvalue weighted by Crippen LogP contribution is -2.29. The monoisotopic (exact) mass is 373 g/mol. The summed E-state index contributed by atoms with van der Waals surface area (Å²) in [5.74, 6) is -0.0705. The number of pyridine rings is 1. The number of carbonyl (C=O) groups excluding carboxylic acids is 1. The van der Waals surface area contributed by atoms with E-state index in [0.29, 0.717) is 25.3 Å². The number of fused-ring (bicyclic) bond motifs is 1. The summed E-state index contributed by atoms with van der Waals surface area (Å²) in [5, 5.41) is 11.9. The van der Waals surface area contributed by atoms with Crippen LogP contribution in [0.4, 0.5) is 5.69 Å². The van der Waals surface area contributed by atoms with Crippen molar-refractivity contribution >= 4 is 11.6 Å². The lowest BCUT2D eigenvalue weighted by atomic mass is 9.98. The van der Waals surface area contributed by atoms with Crippen LogP contribution in [0.1, 0.15) is 21.6 Å². The second-order valence-electron chi connectivity index (χ2n) is 6.83. The molecule has 5 nitrogen and oxygen atoms in total. The second-order valence-corrected chi connectivity index (χ2v) is 6.83. The molecule has 1 aromatic heterocycles. The number of nitrogens with zero attached hydrogens (tertiary/aromatic N) is 2. The smallest absolute Gasteiger partial charge is 0.276 e. The Morgan fingerprint density at radius 1 is 1.07 bits per heavy atom. The van der Waals surface area contributed by atoms with E-state index < -0.39 is 0 Å². The van der Waals surface area contributed by atoms with Crippen LogP contribution in [0.25, 0.3) is 11.1 Å². The maximum absolute atomic E-state index is 13.0. The Kier molecular flexibility index (Phi) is 5.46. The topological polar surface area (TPSA) is 65.5 Å². The highest BCUT2D eigenvalue weighted by molar-refractivity contribution is 6.06. The molecule has 5 heteroatoms. The highest BCUT2D eigenvalue weighted by atomic mass is 16.3. The van der Waals surface area contributed by atoms with E-state index >= 15 is 0 Å². The van der Waals surface area contributed by atoms with Crippen LogP contribution in [0.2, 0.25) is 0 Å². The maximum Gasteiger partial charge on any atom is 0.276 e. The molecule has 0 aliphatic carbocycles. The first kappa shape index (κ1) is 18.3. The first-order valence-corrected chi connectivity index (χ1v) is 9.53. The fraction of sp³-hybridized carbons (Fsp3) is 0.217. The van der Waals surface area contributed by atoms with Crippen molar-refractivity contribution in [1.82, 2.24) is 10.3 Å². The minimum atomic E-state index is -0.0705. The standard InChI is InChI=1S/C23H23N3O2/c27-14-12-24-15-17-9-10-21(25-16-17)23(28)26-13-11-20-19(7-4-8-22(20)26)18-5-2-1-3-6-18/h1-10,16,24,27H,11-15H2. The van der Waals surface area contributed by atoms with E-state index in [9.17, 15) is 4.79 Å². The number of nitrogens with one attached hydrogen (secondary N) is 1. The van der Waals surface area contributed by atoms with Crippen LogP contribution in [-0.2, 0) is 13.0 Å². The molecule has 142 valence electrons. The summed E-state index contributed by atoms with van der Waals surface area (Å²) in [4.78, 5) is 19.2. The van der Waals surface area contributed by atoms with Gasteiger partial charge in [0.05, 0.1) is 6.61 Å². The molecular formula is C23H23N3O2. The largest absolute Gasteiger partial charge is 0.395 e. The number of aliphatic hydroxyl groups is 1. The number of benzene rings is 2. The Morgan fingerprint density at radius 3 is 2.68 bits per heavy atom. The molecular weight excluding hydrogens is 350 g/mol. The minimum absolute atomic E-state index is 0.0705. The molecule has 2 heterocycles. The predicted octanol–water partition coefficient (Wildman–Crippen LogP) is 3.03. The molecule has 0 atom stereocenters. The van der Waals surface area contributed by atoms with Crippen LogP contribution in [0, 0.1) is 0 Å². The minimum Gasteiger partial charge on any atom is -0.395 e. The van der Waals surface area contributed by atoms with E-state index in [1.165, 1.54) is 16.7 Å². The fourth-order valence-electron chi connectivity index (χ4n) is 3.64. The van der Waals surface area contributed by atoms with Gasteiger partial charge in [-0.25, -0.2) is 0 Å². The zero-order valence-corrected chi connectivity index (χ0v) is 15.6. The molecule has 1 amide bonds. The number of carbonyl (C=O) groups is 1. The van der Waals surface area contributed by atoms with Crippen LogP contribution in [0.5, 0.6) is 0 Å². The summed E-state index contributed by atoms with van der Waals surface area (Å²) >= 11 is 0. The number of hydrogen-bond acceptors (Lipinski definition) is 4. The summed E-state index contributed by atoms with van der Waals surface area (Å²) in [6.07, 6.45) is 2.56. The number of aromatic nitrogens is 1. The number of rotatable bonds is 6. The van der Waals surface area contributed by atoms with Crippen molar-refractivity contribution in [2.24, 2.45) is 0 Å². The number of anilines is 1. The lowest BCUT2D eigenvalue weighted by Gasteiger charge is -2.18. The first-order valence-electron chi connectivity index (χ1n) is 9.53. The number of aliphatic hydroxyl groups excluding tert-OH is 1. The molecule has 0 spiro atoms. The van der Waals surface area contributed by atoms with Crippen LogP contribution in [-0.4, -0.2) is 35.7 Å². The molecule has 0 unspecified atom stereocenters. The van der Waals surface area contributed by atoms with Gasteiger partial charge in [-0.2, -0.15) is 0 Å². The van der Waals surface area contributed by atoms with Crippen molar-refractivity contribution < 1.29 is 9.90 Å². The van der Waals surface area contributed by atoms with Crippen molar-refractivity contribution in [3.05, 3.63) is 83.7 Å². The van der Waals surface area contributed by atoms with Gasteiger partial charge in [-0.3, -0.25) is 9.78 Å². The third kappa shape index (κ3) is 3.67. The summed E-state index contributed by atoms with van der Waals surface area (Å²) < 4.78 is 0. The van der Waals surface area contributed by atoms with Crippen molar-refractivity contribution in [2.75, 3.05) is 24.6 Å². The van der Waals surface area contributed by atoms with Gasteiger partial charge in [-0.05, 0) is 40.8 Å². The molecule has 0 fully saturated rings. The average molecular weight is 373 g/mol. The number of hydrogen-bond donors (Lipinski definition) is 2. The van der Waals surface area contributed by atoms with E-state index in [1.54, 1.807) is 12.3 Å². The Morgan fingerprint density at radius 2 is 1.93 bits per heavy atom. The first-order chi connectivity index (χ1) is 13.8. The van der Waals surface area contributed by atoms with Crippen molar-refractivity contribution in [3.8, 4) is 11.1 Å². The van der Waals surface area contributed by atoms with E-state index in [0.717, 1.165) is 17.7 Å². The zero-order valence-electron chi connectivity index (χ0n) is 15.6. The quantitative estimate of drug-likeness (QED) is 0.652.